The van der Waals surface area contributed by atoms with Crippen molar-refractivity contribution in [3.63, 3.8) is 0 Å². The second-order valence-corrected chi connectivity index (χ2v) is 21.5. The molecule has 2 aromatic rings. The number of aliphatic imine (C=N–C) groups is 2. The quantitative estimate of drug-likeness (QED) is 0.0181. The summed E-state index contributed by atoms with van der Waals surface area (Å²) in [6, 6.07) is 3.36. The van der Waals surface area contributed by atoms with E-state index >= 15 is 0 Å². The first kappa shape index (κ1) is 68.1. The molecule has 5 rings (SSSR count). The summed E-state index contributed by atoms with van der Waals surface area (Å²) in [7, 11) is 0. The Morgan fingerprint density at radius 1 is 0.558 bits per heavy atom. The lowest BCUT2D eigenvalue weighted by molar-refractivity contribution is -0.148. The number of benzene rings is 2. The summed E-state index contributed by atoms with van der Waals surface area (Å²) in [6.45, 7) is -0.529. The summed E-state index contributed by atoms with van der Waals surface area (Å²) in [5.41, 5.74) is 34.6. The van der Waals surface area contributed by atoms with E-state index in [1.807, 2.05) is 0 Å². The Labute approximate surface area is 498 Å². The summed E-state index contributed by atoms with van der Waals surface area (Å²) < 4.78 is 0. The zero-order valence-corrected chi connectivity index (χ0v) is 48.3. The van der Waals surface area contributed by atoms with Crippen molar-refractivity contribution >= 4 is 71.1 Å². The van der Waals surface area contributed by atoms with Crippen molar-refractivity contribution in [2.24, 2.45) is 44.4 Å². The fourth-order valence-electron chi connectivity index (χ4n) is 10.6. The zero-order chi connectivity index (χ0) is 62.9. The molecule has 21 N–H and O–H groups in total. The number of phenols is 1. The molecule has 0 saturated carbocycles. The molecule has 2 aromatic carbocycles. The molecule has 0 aromatic heterocycles. The lowest BCUT2D eigenvalue weighted by atomic mass is 10.0. The number of rotatable bonds is 33. The van der Waals surface area contributed by atoms with Gasteiger partial charge < -0.3 is 96.3 Å². The van der Waals surface area contributed by atoms with Crippen LogP contribution in [0.15, 0.2) is 64.6 Å². The number of unbranched alkanes of at least 4 members (excludes halogenated alkanes) is 1. The second kappa shape index (κ2) is 34.3. The van der Waals surface area contributed by atoms with Crippen LogP contribution < -0.4 is 66.3 Å². The number of nitrogens with zero attached hydrogens (tertiary/aromatic N) is 5. The van der Waals surface area contributed by atoms with Crippen molar-refractivity contribution in [2.45, 2.75) is 151 Å². The largest absolute Gasteiger partial charge is 0.508 e. The molecule has 3 aliphatic rings. The molecule has 86 heavy (non-hydrogen) atoms. The highest BCUT2D eigenvalue weighted by Crippen LogP contribution is 2.27. The van der Waals surface area contributed by atoms with E-state index in [1.54, 1.807) is 30.3 Å². The van der Waals surface area contributed by atoms with Crippen molar-refractivity contribution in [3.8, 4) is 5.75 Å². The number of amides is 9. The molecule has 472 valence electrons. The Balaban J connectivity index is 1.24. The maximum Gasteiger partial charge on any atom is 0.326 e. The highest BCUT2D eigenvalue weighted by Gasteiger charge is 2.44. The average molecular weight is 1200 g/mol. The van der Waals surface area contributed by atoms with Gasteiger partial charge >= 0.3 is 5.97 Å². The molecule has 3 fully saturated rings. The van der Waals surface area contributed by atoms with Crippen LogP contribution in [0.2, 0.25) is 0 Å². The van der Waals surface area contributed by atoms with Gasteiger partial charge in [-0.1, -0.05) is 48.9 Å². The van der Waals surface area contributed by atoms with E-state index in [4.69, 9.17) is 34.4 Å². The Morgan fingerprint density at radius 3 is 1.63 bits per heavy atom. The molecule has 30 heteroatoms. The Morgan fingerprint density at radius 2 is 1.06 bits per heavy atom. The normalized spacial score (nSPS) is 18.5. The number of nitrogens with one attached hydrogen (secondary N) is 6. The number of hydrogen-bond donors (Lipinski definition) is 15. The van der Waals surface area contributed by atoms with Crippen LogP contribution in [0.4, 0.5) is 0 Å². The first-order valence-electron chi connectivity index (χ1n) is 29.0. The molecule has 3 heterocycles. The summed E-state index contributed by atoms with van der Waals surface area (Å²) in [5.74, 6) is -8.21. The highest BCUT2D eigenvalue weighted by molar-refractivity contribution is 5.98. The fourth-order valence-corrected chi connectivity index (χ4v) is 10.6. The van der Waals surface area contributed by atoms with E-state index in [0.717, 1.165) is 4.90 Å². The van der Waals surface area contributed by atoms with Crippen molar-refractivity contribution < 1.29 is 63.3 Å². The molecule has 0 aliphatic carbocycles. The van der Waals surface area contributed by atoms with E-state index < -0.39 is 127 Å². The molecule has 9 atom stereocenters. The minimum absolute atomic E-state index is 0.0131. The predicted octanol–water partition coefficient (Wildman–Crippen LogP) is -4.67. The molecule has 9 amide bonds. The number of carbonyl (C=O) groups excluding carboxylic acids is 9. The number of nitrogens with two attached hydrogens (primary N) is 6. The van der Waals surface area contributed by atoms with Gasteiger partial charge in [-0.3, -0.25) is 53.1 Å². The van der Waals surface area contributed by atoms with Gasteiger partial charge in [-0.25, -0.2) is 4.79 Å². The van der Waals surface area contributed by atoms with E-state index in [1.165, 1.54) is 34.1 Å². The third kappa shape index (κ3) is 20.9. The Bertz CT molecular complexity index is 2710. The van der Waals surface area contributed by atoms with E-state index in [9.17, 15) is 63.3 Å². The first-order chi connectivity index (χ1) is 41.1. The predicted molar refractivity (Wildman–Crippen MR) is 314 cm³/mol. The minimum Gasteiger partial charge on any atom is -0.508 e. The number of carboxylic acids is 1. The van der Waals surface area contributed by atoms with Crippen molar-refractivity contribution in [2.75, 3.05) is 52.4 Å². The molecule has 0 spiro atoms. The molecule has 3 saturated heterocycles. The lowest BCUT2D eigenvalue weighted by Crippen LogP contribution is -2.60. The number of carboxylic acid groups (broad SMARTS) is 1. The molecule has 30 nitrogen and oxygen atoms in total. The van der Waals surface area contributed by atoms with Gasteiger partial charge in [-0.15, -0.1) is 0 Å². The van der Waals surface area contributed by atoms with Gasteiger partial charge in [-0.05, 0) is 107 Å². The monoisotopic (exact) mass is 1200 g/mol. The van der Waals surface area contributed by atoms with Crippen molar-refractivity contribution in [1.29, 1.82) is 0 Å². The van der Waals surface area contributed by atoms with Crippen molar-refractivity contribution in [3.05, 3.63) is 65.7 Å². The maximum atomic E-state index is 14.3. The SMILES string of the molecule is NCCCC[C@H](N)C(=O)N[C@@H](CCCN=C(N)N)C(=O)N1CCC[C@H]1C(=O)N1CCC[C@H]1C(=O)NCC(=O)N[C@@H](Cc1ccc(O)cc1)C(=O)N[C@@H](CO)C(=O)N1CCC[C@H]1C(=O)N[C@@H](Cc1ccccc1)C(=O)N[C@@H](CCCN=C(N)N)C(=O)O. The zero-order valence-electron chi connectivity index (χ0n) is 48.3. The van der Waals surface area contributed by atoms with Crippen LogP contribution in [0.1, 0.15) is 94.6 Å². The number of aliphatic hydroxyl groups is 1. The molecule has 3 aliphatic heterocycles. The van der Waals surface area contributed by atoms with E-state index in [0.29, 0.717) is 62.6 Å². The Kier molecular flexibility index (Phi) is 27.2. The molecular weight excluding hydrogens is 1120 g/mol. The third-order valence-electron chi connectivity index (χ3n) is 15.1. The van der Waals surface area contributed by atoms with Gasteiger partial charge in [0.2, 0.25) is 53.2 Å². The number of aliphatic hydroxyl groups excluding tert-OH is 1. The van der Waals surface area contributed by atoms with E-state index in [-0.39, 0.29) is 102 Å². The molecule has 0 radical (unpaired) electrons. The minimum atomic E-state index is -1.65. The summed E-state index contributed by atoms with van der Waals surface area (Å²) >= 11 is 0. The summed E-state index contributed by atoms with van der Waals surface area (Å²) in [4.78, 5) is 150. The van der Waals surface area contributed by atoms with Crippen LogP contribution in [-0.4, -0.2) is 208 Å². The number of carbonyl (C=O) groups is 10. The molecule has 0 unspecified atom stereocenters. The van der Waals surface area contributed by atoms with Crippen LogP contribution in [0.5, 0.6) is 5.75 Å². The highest BCUT2D eigenvalue weighted by atomic mass is 16.4. The lowest BCUT2D eigenvalue weighted by Gasteiger charge is -2.33. The van der Waals surface area contributed by atoms with Crippen LogP contribution in [0, 0.1) is 0 Å². The number of likely N-dealkylation sites (tertiary alicyclic amines) is 3. The van der Waals surface area contributed by atoms with Gasteiger partial charge in [0, 0.05) is 45.6 Å². The molecule has 0 bridgehead atoms. The standard InChI is InChI=1S/C56H85N17O13/c57-23-5-4-13-36(58)46(77)67-37(14-6-24-63-55(59)60)51(82)73-28-10-18-44(73)53(84)72-27-8-16-42(72)49(80)65-31-45(76)66-39(30-34-19-21-35(75)22-20-34)47(78)70-41(32-74)52(83)71-26-9-17-43(71)50(81)69-40(29-33-11-2-1-3-12-33)48(79)68-38(54(85)86)15-7-25-64-56(61)62/h1-3,11-12,19-22,36-44,74-75H,4-10,13-18,23-32,57-58H2,(H,65,80)(H,66,76)(H,67,77)(H,68,79)(H,69,81)(H,70,78)(H,85,86)(H4,59,60,63)(H4,61,62,64)/t36-,37-,38-,39-,40-,41-,42-,43-,44-/m0/s1. The number of aliphatic carboxylic acids is 1. The smallest absolute Gasteiger partial charge is 0.326 e. The van der Waals surface area contributed by atoms with Crippen LogP contribution in [0.25, 0.3) is 0 Å². The summed E-state index contributed by atoms with van der Waals surface area (Å²) in [5, 5.41) is 46.0. The maximum absolute atomic E-state index is 14.3. The summed E-state index contributed by atoms with van der Waals surface area (Å²) in [6.07, 6.45) is 3.80. The van der Waals surface area contributed by atoms with Gasteiger partial charge in [0.15, 0.2) is 11.9 Å². The second-order valence-electron chi connectivity index (χ2n) is 21.5. The first-order valence-corrected chi connectivity index (χ1v) is 29.0. The van der Waals surface area contributed by atoms with Gasteiger partial charge in [0.25, 0.3) is 0 Å². The Hall–Kier alpha value is -8.64. The van der Waals surface area contributed by atoms with Gasteiger partial charge in [0.05, 0.1) is 19.2 Å². The number of phenolic OH excluding ortho intramolecular Hbond substituents is 1. The average Bonchev–Trinajstić information content (AvgIpc) is 3.14. The molecular formula is C56H85N17O13. The third-order valence-corrected chi connectivity index (χ3v) is 15.1. The van der Waals surface area contributed by atoms with Crippen LogP contribution in [-0.2, 0) is 60.8 Å². The number of aromatic hydroxyl groups is 1. The van der Waals surface area contributed by atoms with Crippen molar-refractivity contribution in [1.82, 2.24) is 46.6 Å². The van der Waals surface area contributed by atoms with Gasteiger partial charge in [-0.2, -0.15) is 0 Å². The fraction of sp³-hybridized carbons (Fsp3) is 0.571. The van der Waals surface area contributed by atoms with Crippen LogP contribution in [0.3, 0.4) is 0 Å². The van der Waals surface area contributed by atoms with Gasteiger partial charge in [0.1, 0.15) is 54.1 Å². The van der Waals surface area contributed by atoms with E-state index in [2.05, 4.69) is 41.9 Å². The number of guanidine groups is 2. The number of hydrogen-bond acceptors (Lipinski definition) is 16. The van der Waals surface area contributed by atoms with Crippen LogP contribution >= 0.6 is 0 Å². The topological polar surface area (TPSA) is 494 Å².